The van der Waals surface area contributed by atoms with Gasteiger partial charge in [0.25, 0.3) is 0 Å². The predicted molar refractivity (Wildman–Crippen MR) is 66.5 cm³/mol. The lowest BCUT2D eigenvalue weighted by atomic mass is 10.2. The lowest BCUT2D eigenvalue weighted by Crippen LogP contribution is -2.13. The third kappa shape index (κ3) is 2.75. The smallest absolute Gasteiger partial charge is 0.0963 e. The Balaban J connectivity index is 1.99. The molecule has 3 nitrogen and oxygen atoms in total. The molecule has 88 valence electrons. The molecule has 0 spiro atoms. The molecule has 0 bridgehead atoms. The Morgan fingerprint density at radius 3 is 2.88 bits per heavy atom. The van der Waals surface area contributed by atoms with E-state index in [0.717, 1.165) is 23.6 Å². The Labute approximate surface area is 101 Å². The van der Waals surface area contributed by atoms with Crippen LogP contribution in [0.15, 0.2) is 23.4 Å². The Hall–Kier alpha value is -0.580. The Kier molecular flexibility index (Phi) is 3.84. The van der Waals surface area contributed by atoms with Crippen LogP contribution in [0.25, 0.3) is 0 Å². The number of hydrogen-bond acceptors (Lipinski definition) is 4. The van der Waals surface area contributed by atoms with Crippen molar-refractivity contribution in [1.29, 1.82) is 0 Å². The molecule has 4 heteroatoms. The molecule has 1 aromatic heterocycles. The summed E-state index contributed by atoms with van der Waals surface area (Å²) in [7, 11) is 0. The van der Waals surface area contributed by atoms with E-state index in [1.165, 1.54) is 0 Å². The minimum atomic E-state index is 0.0558. The van der Waals surface area contributed by atoms with Crippen LogP contribution in [0.4, 0.5) is 0 Å². The highest BCUT2D eigenvalue weighted by Gasteiger charge is 2.25. The second-order valence-electron chi connectivity index (χ2n) is 4.24. The van der Waals surface area contributed by atoms with Crippen LogP contribution in [0.2, 0.25) is 0 Å². The number of hydrogen-bond donors (Lipinski definition) is 1. The van der Waals surface area contributed by atoms with Gasteiger partial charge in [-0.25, -0.2) is 4.98 Å². The van der Waals surface area contributed by atoms with Crippen LogP contribution in [0.1, 0.15) is 31.9 Å². The van der Waals surface area contributed by atoms with Gasteiger partial charge in [-0.2, -0.15) is 0 Å². The molecule has 2 rings (SSSR count). The lowest BCUT2D eigenvalue weighted by Gasteiger charge is -2.13. The third-order valence-corrected chi connectivity index (χ3v) is 4.27. The van der Waals surface area contributed by atoms with Crippen molar-refractivity contribution in [3.63, 3.8) is 0 Å². The maximum Gasteiger partial charge on any atom is 0.0963 e. The zero-order chi connectivity index (χ0) is 11.5. The van der Waals surface area contributed by atoms with Gasteiger partial charge in [0.05, 0.1) is 11.1 Å². The normalized spacial score (nSPS) is 26.9. The zero-order valence-corrected chi connectivity index (χ0v) is 10.5. The first kappa shape index (κ1) is 11.9. The molecule has 0 radical (unpaired) electrons. The van der Waals surface area contributed by atoms with Gasteiger partial charge in [-0.15, -0.1) is 11.8 Å². The van der Waals surface area contributed by atoms with Gasteiger partial charge >= 0.3 is 0 Å². The van der Waals surface area contributed by atoms with E-state index in [-0.39, 0.29) is 6.04 Å². The molecule has 2 unspecified atom stereocenters. The number of thioether (sulfide) groups is 1. The monoisotopic (exact) mass is 238 g/mol. The highest BCUT2D eigenvalue weighted by atomic mass is 32.2. The predicted octanol–water partition coefficient (Wildman–Crippen LogP) is 2.37. The van der Waals surface area contributed by atoms with E-state index in [1.54, 1.807) is 11.8 Å². The molecule has 0 aromatic carbocycles. The van der Waals surface area contributed by atoms with Crippen molar-refractivity contribution in [3.05, 3.63) is 23.9 Å². The molecule has 0 aliphatic carbocycles. The average Bonchev–Trinajstić information content (AvgIpc) is 2.65. The first-order chi connectivity index (χ1) is 7.66. The van der Waals surface area contributed by atoms with Crippen molar-refractivity contribution in [3.8, 4) is 0 Å². The number of aromatic nitrogens is 1. The summed E-state index contributed by atoms with van der Waals surface area (Å²) in [5, 5.41) is 1.60. The third-order valence-electron chi connectivity index (χ3n) is 2.86. The molecule has 1 fully saturated rings. The molecular weight excluding hydrogens is 220 g/mol. The Morgan fingerprint density at radius 2 is 2.38 bits per heavy atom. The second-order valence-corrected chi connectivity index (χ2v) is 5.50. The van der Waals surface area contributed by atoms with Crippen LogP contribution in [0.3, 0.4) is 0 Å². The number of ether oxygens (including phenoxy) is 1. The molecule has 1 aliphatic rings. The summed E-state index contributed by atoms with van der Waals surface area (Å²) >= 11 is 1.80. The summed E-state index contributed by atoms with van der Waals surface area (Å²) in [4.78, 5) is 4.43. The number of pyridine rings is 1. The average molecular weight is 238 g/mol. The van der Waals surface area contributed by atoms with Gasteiger partial charge in [0, 0.05) is 24.1 Å². The highest BCUT2D eigenvalue weighted by molar-refractivity contribution is 7.99. The second kappa shape index (κ2) is 5.17. The van der Waals surface area contributed by atoms with Crippen LogP contribution in [0.5, 0.6) is 0 Å². The summed E-state index contributed by atoms with van der Waals surface area (Å²) in [6, 6.07) is 4.16. The summed E-state index contributed by atoms with van der Waals surface area (Å²) in [6.45, 7) is 4.97. The van der Waals surface area contributed by atoms with E-state index in [4.69, 9.17) is 10.5 Å². The molecule has 0 saturated carbocycles. The molecule has 16 heavy (non-hydrogen) atoms. The number of nitrogens with zero attached hydrogens (tertiary/aromatic N) is 1. The first-order valence-electron chi connectivity index (χ1n) is 5.66. The van der Waals surface area contributed by atoms with Gasteiger partial charge in [-0.05, 0) is 31.9 Å². The van der Waals surface area contributed by atoms with Crippen LogP contribution in [0, 0.1) is 0 Å². The van der Waals surface area contributed by atoms with Gasteiger partial charge in [-0.3, -0.25) is 0 Å². The summed E-state index contributed by atoms with van der Waals surface area (Å²) in [5.41, 5.74) is 6.87. The SMILES string of the molecule is CC1OCCC1Sc1ccc([C@@H](C)N)cn1. The molecule has 1 aliphatic heterocycles. The first-order valence-corrected chi connectivity index (χ1v) is 6.54. The van der Waals surface area contributed by atoms with Crippen LogP contribution in [-0.2, 0) is 4.74 Å². The molecule has 2 N–H and O–H groups in total. The van der Waals surface area contributed by atoms with Crippen molar-refractivity contribution in [2.75, 3.05) is 6.61 Å². The fraction of sp³-hybridized carbons (Fsp3) is 0.583. The van der Waals surface area contributed by atoms with Crippen molar-refractivity contribution < 1.29 is 4.74 Å². The van der Waals surface area contributed by atoms with Crippen molar-refractivity contribution in [2.45, 2.75) is 42.7 Å². The van der Waals surface area contributed by atoms with Gasteiger partial charge in [-0.1, -0.05) is 6.07 Å². The van der Waals surface area contributed by atoms with E-state index in [0.29, 0.717) is 11.4 Å². The Bertz CT molecular complexity index is 339. The fourth-order valence-electron chi connectivity index (χ4n) is 1.75. The van der Waals surface area contributed by atoms with E-state index >= 15 is 0 Å². The van der Waals surface area contributed by atoms with Crippen molar-refractivity contribution in [2.24, 2.45) is 5.73 Å². The van der Waals surface area contributed by atoms with Gasteiger partial charge in [0.1, 0.15) is 0 Å². The van der Waals surface area contributed by atoms with E-state index < -0.39 is 0 Å². The van der Waals surface area contributed by atoms with Gasteiger partial charge in [0.15, 0.2) is 0 Å². The van der Waals surface area contributed by atoms with Crippen molar-refractivity contribution in [1.82, 2.24) is 4.98 Å². The molecule has 1 saturated heterocycles. The molecule has 2 heterocycles. The zero-order valence-electron chi connectivity index (χ0n) is 9.72. The lowest BCUT2D eigenvalue weighted by molar-refractivity contribution is 0.127. The Morgan fingerprint density at radius 1 is 1.56 bits per heavy atom. The van der Waals surface area contributed by atoms with Crippen LogP contribution in [-0.4, -0.2) is 22.9 Å². The molecule has 1 aromatic rings. The van der Waals surface area contributed by atoms with Crippen LogP contribution < -0.4 is 5.73 Å². The summed E-state index contributed by atoms with van der Waals surface area (Å²) in [6.07, 6.45) is 3.32. The fourth-order valence-corrected chi connectivity index (χ4v) is 2.81. The molecule has 3 atom stereocenters. The van der Waals surface area contributed by atoms with Crippen molar-refractivity contribution >= 4 is 11.8 Å². The van der Waals surface area contributed by atoms with E-state index in [9.17, 15) is 0 Å². The number of nitrogens with two attached hydrogens (primary N) is 1. The maximum atomic E-state index is 5.78. The van der Waals surface area contributed by atoms with Gasteiger partial charge < -0.3 is 10.5 Å². The van der Waals surface area contributed by atoms with E-state index in [2.05, 4.69) is 24.0 Å². The topological polar surface area (TPSA) is 48.1 Å². The quantitative estimate of drug-likeness (QED) is 0.878. The summed E-state index contributed by atoms with van der Waals surface area (Å²) < 4.78 is 5.53. The highest BCUT2D eigenvalue weighted by Crippen LogP contribution is 2.31. The number of rotatable bonds is 3. The largest absolute Gasteiger partial charge is 0.377 e. The van der Waals surface area contributed by atoms with Crippen LogP contribution >= 0.6 is 11.8 Å². The van der Waals surface area contributed by atoms with Gasteiger partial charge in [0.2, 0.25) is 0 Å². The molecule has 0 amide bonds. The minimum Gasteiger partial charge on any atom is -0.377 e. The standard InChI is InChI=1S/C12H18N2OS/c1-8(13)10-3-4-12(14-7-10)16-11-5-6-15-9(11)2/h3-4,7-9,11H,5-6,13H2,1-2H3/t8-,9?,11?/m1/s1. The minimum absolute atomic E-state index is 0.0558. The molecular formula is C12H18N2OS. The summed E-state index contributed by atoms with van der Waals surface area (Å²) in [5.74, 6) is 0. The maximum absolute atomic E-state index is 5.78. The van der Waals surface area contributed by atoms with E-state index in [1.807, 2.05) is 13.1 Å².